The van der Waals surface area contributed by atoms with Gasteiger partial charge in [0.15, 0.2) is 0 Å². The van der Waals surface area contributed by atoms with Crippen LogP contribution >= 0.6 is 11.6 Å². The van der Waals surface area contributed by atoms with E-state index in [1.54, 1.807) is 36.4 Å². The zero-order chi connectivity index (χ0) is 20.6. The summed E-state index contributed by atoms with van der Waals surface area (Å²) in [4.78, 5) is 0.236. The SMILES string of the molecule is CC1(C)CC(c2ccccc2NS(=O)(=O)c2ccccc2)Nc2c(Cl)cccc21. The zero-order valence-electron chi connectivity index (χ0n) is 16.3. The predicted octanol–water partition coefficient (Wildman–Crippen LogP) is 5.98. The lowest BCUT2D eigenvalue weighted by atomic mass is 9.74. The summed E-state index contributed by atoms with van der Waals surface area (Å²) < 4.78 is 28.5. The number of nitrogens with one attached hydrogen (secondary N) is 2. The van der Waals surface area contributed by atoms with E-state index in [-0.39, 0.29) is 16.4 Å². The Labute approximate surface area is 177 Å². The van der Waals surface area contributed by atoms with Crippen LogP contribution in [0.2, 0.25) is 5.02 Å². The molecule has 0 spiro atoms. The summed E-state index contributed by atoms with van der Waals surface area (Å²) in [6.45, 7) is 4.37. The third kappa shape index (κ3) is 3.85. The van der Waals surface area contributed by atoms with Crippen molar-refractivity contribution >= 4 is 33.0 Å². The van der Waals surface area contributed by atoms with Gasteiger partial charge in [-0.2, -0.15) is 0 Å². The molecule has 3 aromatic rings. The molecule has 6 heteroatoms. The molecule has 3 aromatic carbocycles. The third-order valence-electron chi connectivity index (χ3n) is 5.41. The highest BCUT2D eigenvalue weighted by Gasteiger charge is 2.35. The van der Waals surface area contributed by atoms with Crippen LogP contribution in [0.5, 0.6) is 0 Å². The van der Waals surface area contributed by atoms with Crippen molar-refractivity contribution in [3.05, 3.63) is 88.9 Å². The van der Waals surface area contributed by atoms with Crippen LogP contribution in [0.3, 0.4) is 0 Å². The molecule has 0 amide bonds. The number of hydrogen-bond acceptors (Lipinski definition) is 3. The minimum Gasteiger partial charge on any atom is -0.377 e. The Morgan fingerprint density at radius 3 is 2.41 bits per heavy atom. The molecule has 1 aliphatic heterocycles. The Balaban J connectivity index is 1.72. The van der Waals surface area contributed by atoms with Crippen molar-refractivity contribution in [2.45, 2.75) is 36.6 Å². The maximum Gasteiger partial charge on any atom is 0.261 e. The van der Waals surface area contributed by atoms with Gasteiger partial charge in [-0.25, -0.2) is 8.42 Å². The van der Waals surface area contributed by atoms with Crippen molar-refractivity contribution in [2.75, 3.05) is 10.0 Å². The van der Waals surface area contributed by atoms with E-state index in [0.717, 1.165) is 17.7 Å². The largest absolute Gasteiger partial charge is 0.377 e. The fourth-order valence-corrected chi connectivity index (χ4v) is 5.30. The second-order valence-corrected chi connectivity index (χ2v) is 10.0. The Kier molecular flexibility index (Phi) is 5.05. The van der Waals surface area contributed by atoms with Crippen molar-refractivity contribution in [2.24, 2.45) is 0 Å². The van der Waals surface area contributed by atoms with Crippen LogP contribution in [0.1, 0.15) is 37.4 Å². The first kappa shape index (κ1) is 19.8. The van der Waals surface area contributed by atoms with E-state index in [1.165, 1.54) is 5.56 Å². The standard InChI is InChI=1S/C23H23ClN2O2S/c1-23(2)15-21(25-22-18(23)12-8-13-19(22)24)17-11-6-7-14-20(17)26-29(27,28)16-9-4-3-5-10-16/h3-14,21,25-26H,15H2,1-2H3. The highest BCUT2D eigenvalue weighted by atomic mass is 35.5. The summed E-state index contributed by atoms with van der Waals surface area (Å²) in [6.07, 6.45) is 0.810. The maximum atomic E-state index is 12.9. The molecular weight excluding hydrogens is 404 g/mol. The summed E-state index contributed by atoms with van der Waals surface area (Å²) in [6, 6.07) is 21.8. The number of sulfonamides is 1. The van der Waals surface area contributed by atoms with Crippen LogP contribution in [0.4, 0.5) is 11.4 Å². The van der Waals surface area contributed by atoms with E-state index in [2.05, 4.69) is 30.0 Å². The average molecular weight is 427 g/mol. The molecule has 4 rings (SSSR count). The van der Waals surface area contributed by atoms with Crippen LogP contribution in [0.15, 0.2) is 77.7 Å². The Hall–Kier alpha value is -2.50. The predicted molar refractivity (Wildman–Crippen MR) is 119 cm³/mol. The second-order valence-electron chi connectivity index (χ2n) is 7.95. The molecule has 4 nitrogen and oxygen atoms in total. The van der Waals surface area contributed by atoms with Gasteiger partial charge in [0, 0.05) is 0 Å². The quantitative estimate of drug-likeness (QED) is 0.539. The topological polar surface area (TPSA) is 58.2 Å². The van der Waals surface area contributed by atoms with E-state index in [1.807, 2.05) is 30.3 Å². The molecule has 0 aromatic heterocycles. The summed E-state index contributed by atoms with van der Waals surface area (Å²) in [5.41, 5.74) is 3.44. The molecule has 1 atom stereocenters. The second kappa shape index (κ2) is 7.39. The van der Waals surface area contributed by atoms with E-state index in [9.17, 15) is 8.42 Å². The van der Waals surface area contributed by atoms with Crippen molar-refractivity contribution in [3.8, 4) is 0 Å². The molecule has 29 heavy (non-hydrogen) atoms. The number of hydrogen-bond donors (Lipinski definition) is 2. The fourth-order valence-electron chi connectivity index (χ4n) is 3.97. The van der Waals surface area contributed by atoms with Gasteiger partial charge in [-0.15, -0.1) is 0 Å². The molecule has 0 bridgehead atoms. The number of benzene rings is 3. The summed E-state index contributed by atoms with van der Waals surface area (Å²) in [5.74, 6) is 0. The van der Waals surface area contributed by atoms with E-state index in [4.69, 9.17) is 11.6 Å². The number of para-hydroxylation sites is 2. The monoisotopic (exact) mass is 426 g/mol. The normalized spacial score (nSPS) is 17.8. The van der Waals surface area contributed by atoms with Crippen LogP contribution in [0.25, 0.3) is 0 Å². The van der Waals surface area contributed by atoms with Gasteiger partial charge in [-0.1, -0.05) is 74.0 Å². The lowest BCUT2D eigenvalue weighted by Gasteiger charge is -2.39. The molecule has 1 unspecified atom stereocenters. The van der Waals surface area contributed by atoms with Gasteiger partial charge in [-0.05, 0) is 47.2 Å². The van der Waals surface area contributed by atoms with Crippen molar-refractivity contribution in [3.63, 3.8) is 0 Å². The van der Waals surface area contributed by atoms with E-state index in [0.29, 0.717) is 10.7 Å². The van der Waals surface area contributed by atoms with Crippen LogP contribution < -0.4 is 10.0 Å². The molecule has 0 fully saturated rings. The van der Waals surface area contributed by atoms with Gasteiger partial charge in [0.25, 0.3) is 10.0 Å². The van der Waals surface area contributed by atoms with Gasteiger partial charge in [0.05, 0.1) is 27.3 Å². The van der Waals surface area contributed by atoms with Crippen molar-refractivity contribution in [1.29, 1.82) is 0 Å². The summed E-state index contributed by atoms with van der Waals surface area (Å²) >= 11 is 6.47. The molecular formula is C23H23ClN2O2S. The molecule has 0 aliphatic carbocycles. The van der Waals surface area contributed by atoms with Crippen molar-refractivity contribution in [1.82, 2.24) is 0 Å². The van der Waals surface area contributed by atoms with Gasteiger partial charge >= 0.3 is 0 Å². The molecule has 0 radical (unpaired) electrons. The fraction of sp³-hybridized carbons (Fsp3) is 0.217. The van der Waals surface area contributed by atoms with Gasteiger partial charge in [-0.3, -0.25) is 4.72 Å². The molecule has 150 valence electrons. The summed E-state index contributed by atoms with van der Waals surface area (Å²) in [7, 11) is -3.68. The van der Waals surface area contributed by atoms with E-state index < -0.39 is 10.0 Å². The first-order valence-corrected chi connectivity index (χ1v) is 11.4. The maximum absolute atomic E-state index is 12.9. The van der Waals surface area contributed by atoms with Crippen LogP contribution in [0, 0.1) is 0 Å². The molecule has 1 aliphatic rings. The van der Waals surface area contributed by atoms with Crippen LogP contribution in [-0.2, 0) is 15.4 Å². The van der Waals surface area contributed by atoms with Gasteiger partial charge in [0.2, 0.25) is 0 Å². The van der Waals surface area contributed by atoms with Crippen molar-refractivity contribution < 1.29 is 8.42 Å². The lowest BCUT2D eigenvalue weighted by Crippen LogP contribution is -2.32. The molecule has 0 saturated heterocycles. The molecule has 1 heterocycles. The number of fused-ring (bicyclic) bond motifs is 1. The van der Waals surface area contributed by atoms with Gasteiger partial charge < -0.3 is 5.32 Å². The third-order valence-corrected chi connectivity index (χ3v) is 7.11. The molecule has 0 saturated carbocycles. The minimum absolute atomic E-state index is 0.0768. The Bertz CT molecular complexity index is 1140. The number of anilines is 2. The summed E-state index contributed by atoms with van der Waals surface area (Å²) in [5, 5.41) is 4.21. The number of rotatable bonds is 4. The first-order valence-electron chi connectivity index (χ1n) is 9.50. The Morgan fingerprint density at radius 2 is 1.66 bits per heavy atom. The number of halogens is 1. The first-order chi connectivity index (χ1) is 13.8. The highest BCUT2D eigenvalue weighted by Crippen LogP contribution is 2.47. The van der Waals surface area contributed by atoms with E-state index >= 15 is 0 Å². The Morgan fingerprint density at radius 1 is 0.966 bits per heavy atom. The smallest absolute Gasteiger partial charge is 0.261 e. The van der Waals surface area contributed by atoms with Gasteiger partial charge in [0.1, 0.15) is 0 Å². The molecule has 2 N–H and O–H groups in total. The zero-order valence-corrected chi connectivity index (χ0v) is 17.9. The average Bonchev–Trinajstić information content (AvgIpc) is 2.69. The minimum atomic E-state index is -3.68. The van der Waals surface area contributed by atoms with Crippen LogP contribution in [-0.4, -0.2) is 8.42 Å². The highest BCUT2D eigenvalue weighted by molar-refractivity contribution is 7.92. The lowest BCUT2D eigenvalue weighted by molar-refractivity contribution is 0.428.